The molecule has 3 heterocycles. The first-order valence-electron chi connectivity index (χ1n) is 9.46. The maximum absolute atomic E-state index is 13.3. The van der Waals surface area contributed by atoms with Gasteiger partial charge in [0.25, 0.3) is 5.56 Å². The fourth-order valence-electron chi connectivity index (χ4n) is 3.38. The number of nitrogens with one attached hydrogen (secondary N) is 1. The van der Waals surface area contributed by atoms with Crippen LogP contribution in [0.4, 0.5) is 4.39 Å². The fourth-order valence-corrected chi connectivity index (χ4v) is 4.29. The average molecular weight is 437 g/mol. The van der Waals surface area contributed by atoms with Gasteiger partial charge in [0, 0.05) is 17.5 Å². The Bertz CT molecular complexity index is 1350. The van der Waals surface area contributed by atoms with Gasteiger partial charge in [0.2, 0.25) is 12.7 Å². The fraction of sp³-hybridized carbons (Fsp3) is 0.136. The van der Waals surface area contributed by atoms with Gasteiger partial charge in [0.1, 0.15) is 17.2 Å². The minimum Gasteiger partial charge on any atom is -0.454 e. The highest BCUT2D eigenvalue weighted by atomic mass is 32.1. The summed E-state index contributed by atoms with van der Waals surface area (Å²) in [6.45, 7) is 0.316. The van der Waals surface area contributed by atoms with E-state index < -0.39 is 0 Å². The summed E-state index contributed by atoms with van der Waals surface area (Å²) >= 11 is 1.33. The highest BCUT2D eigenvalue weighted by Crippen LogP contribution is 2.32. The molecule has 0 unspecified atom stereocenters. The van der Waals surface area contributed by atoms with E-state index in [2.05, 4.69) is 10.3 Å². The third kappa shape index (κ3) is 3.75. The minimum atomic E-state index is -0.349. The molecule has 0 aliphatic carbocycles. The second-order valence-electron chi connectivity index (χ2n) is 6.98. The summed E-state index contributed by atoms with van der Waals surface area (Å²) in [4.78, 5) is 30.4. The van der Waals surface area contributed by atoms with Crippen LogP contribution in [0.1, 0.15) is 5.56 Å². The number of aromatic nitrogens is 2. The Kier molecular flexibility index (Phi) is 4.87. The van der Waals surface area contributed by atoms with E-state index in [0.29, 0.717) is 33.8 Å². The van der Waals surface area contributed by atoms with Crippen LogP contribution in [-0.2, 0) is 17.9 Å². The van der Waals surface area contributed by atoms with Gasteiger partial charge in [-0.05, 0) is 35.4 Å². The zero-order chi connectivity index (χ0) is 21.4. The van der Waals surface area contributed by atoms with Crippen LogP contribution in [0.5, 0.6) is 11.5 Å². The van der Waals surface area contributed by atoms with Gasteiger partial charge < -0.3 is 14.8 Å². The van der Waals surface area contributed by atoms with E-state index in [0.717, 1.165) is 11.1 Å². The number of carbonyl (C=O) groups is 1. The Labute approximate surface area is 179 Å². The molecule has 9 heteroatoms. The van der Waals surface area contributed by atoms with Crippen molar-refractivity contribution in [1.82, 2.24) is 14.9 Å². The van der Waals surface area contributed by atoms with Gasteiger partial charge in [0.15, 0.2) is 11.5 Å². The van der Waals surface area contributed by atoms with E-state index >= 15 is 0 Å². The molecule has 4 aromatic rings. The zero-order valence-electron chi connectivity index (χ0n) is 16.1. The molecule has 1 aliphatic rings. The zero-order valence-corrected chi connectivity index (χ0v) is 16.9. The topological polar surface area (TPSA) is 82.5 Å². The largest absolute Gasteiger partial charge is 0.454 e. The number of halogens is 1. The van der Waals surface area contributed by atoms with Crippen LogP contribution in [0.3, 0.4) is 0 Å². The number of benzene rings is 2. The van der Waals surface area contributed by atoms with Crippen LogP contribution < -0.4 is 20.3 Å². The van der Waals surface area contributed by atoms with E-state index in [-0.39, 0.29) is 30.6 Å². The summed E-state index contributed by atoms with van der Waals surface area (Å²) in [6, 6.07) is 11.4. The Morgan fingerprint density at radius 2 is 1.97 bits per heavy atom. The summed E-state index contributed by atoms with van der Waals surface area (Å²) in [6.07, 6.45) is 1.37. The van der Waals surface area contributed by atoms with Crippen molar-refractivity contribution in [3.63, 3.8) is 0 Å². The molecule has 2 aromatic heterocycles. The average Bonchev–Trinajstić information content (AvgIpc) is 3.42. The second-order valence-corrected chi connectivity index (χ2v) is 7.84. The lowest BCUT2D eigenvalue weighted by atomic mass is 10.1. The molecular formula is C22H16FN3O4S. The lowest BCUT2D eigenvalue weighted by molar-refractivity contribution is -0.121. The van der Waals surface area contributed by atoms with E-state index in [1.54, 1.807) is 18.2 Å². The Morgan fingerprint density at radius 3 is 2.81 bits per heavy atom. The summed E-state index contributed by atoms with van der Waals surface area (Å²) in [5.74, 6) is 0.648. The molecule has 1 N–H and O–H groups in total. The molecule has 0 radical (unpaired) electrons. The van der Waals surface area contributed by atoms with Crippen LogP contribution in [-0.4, -0.2) is 22.3 Å². The molecular weight excluding hydrogens is 421 g/mol. The van der Waals surface area contributed by atoms with Crippen LogP contribution >= 0.6 is 11.3 Å². The van der Waals surface area contributed by atoms with Crippen molar-refractivity contribution < 1.29 is 18.7 Å². The van der Waals surface area contributed by atoms with E-state index in [9.17, 15) is 14.0 Å². The van der Waals surface area contributed by atoms with Crippen LogP contribution in [0.25, 0.3) is 21.3 Å². The van der Waals surface area contributed by atoms with Crippen molar-refractivity contribution in [3.8, 4) is 22.6 Å². The van der Waals surface area contributed by atoms with Crippen LogP contribution in [0.2, 0.25) is 0 Å². The van der Waals surface area contributed by atoms with Crippen molar-refractivity contribution in [2.45, 2.75) is 13.1 Å². The molecule has 0 spiro atoms. The Hall–Kier alpha value is -3.72. The summed E-state index contributed by atoms with van der Waals surface area (Å²) < 4.78 is 25.1. The van der Waals surface area contributed by atoms with E-state index in [1.165, 1.54) is 34.4 Å². The predicted octanol–water partition coefficient (Wildman–Crippen LogP) is 3.31. The monoisotopic (exact) mass is 437 g/mol. The van der Waals surface area contributed by atoms with Crippen LogP contribution in [0, 0.1) is 5.82 Å². The number of amides is 1. The molecule has 0 saturated carbocycles. The van der Waals surface area contributed by atoms with E-state index in [1.807, 2.05) is 17.5 Å². The first kappa shape index (κ1) is 19.3. The molecule has 1 amide bonds. The van der Waals surface area contributed by atoms with E-state index in [4.69, 9.17) is 9.47 Å². The summed E-state index contributed by atoms with van der Waals surface area (Å²) in [5.41, 5.74) is 1.93. The Balaban J connectivity index is 1.34. The second kappa shape index (κ2) is 7.84. The maximum Gasteiger partial charge on any atom is 0.263 e. The normalized spacial score (nSPS) is 12.3. The predicted molar refractivity (Wildman–Crippen MR) is 114 cm³/mol. The number of ether oxygens (including phenoxy) is 2. The first-order chi connectivity index (χ1) is 15.1. The minimum absolute atomic E-state index is 0.162. The van der Waals surface area contributed by atoms with Gasteiger partial charge in [-0.1, -0.05) is 18.2 Å². The molecule has 31 heavy (non-hydrogen) atoms. The Morgan fingerprint density at radius 1 is 1.16 bits per heavy atom. The van der Waals surface area contributed by atoms with Crippen molar-refractivity contribution in [3.05, 3.63) is 75.9 Å². The molecule has 5 rings (SSSR count). The molecule has 2 aromatic carbocycles. The number of thiophene rings is 1. The SMILES string of the molecule is O=C(Cn1cnc2scc(-c3ccc(F)cc3)c2c1=O)NCc1ccc2c(c1)OCO2. The summed E-state index contributed by atoms with van der Waals surface area (Å²) in [5, 5.41) is 5.03. The summed E-state index contributed by atoms with van der Waals surface area (Å²) in [7, 11) is 0. The number of carbonyl (C=O) groups excluding carboxylic acids is 1. The van der Waals surface area contributed by atoms with Gasteiger partial charge in [0.05, 0.1) is 11.7 Å². The standard InChI is InChI=1S/C22H16FN3O4S/c23-15-4-2-14(3-5-15)16-10-31-21-20(16)22(28)26(11-25-21)9-19(27)24-8-13-1-6-17-18(7-13)30-12-29-17/h1-7,10-11H,8-9,12H2,(H,24,27). The number of hydrogen-bond donors (Lipinski definition) is 1. The number of hydrogen-bond acceptors (Lipinski definition) is 6. The van der Waals surface area contributed by atoms with Crippen molar-refractivity contribution in [1.29, 1.82) is 0 Å². The molecule has 7 nitrogen and oxygen atoms in total. The third-order valence-corrected chi connectivity index (χ3v) is 5.84. The smallest absolute Gasteiger partial charge is 0.263 e. The molecule has 0 bridgehead atoms. The molecule has 0 fully saturated rings. The van der Waals surface area contributed by atoms with Gasteiger partial charge in [-0.2, -0.15) is 0 Å². The number of rotatable bonds is 5. The van der Waals surface area contributed by atoms with Gasteiger partial charge in [-0.3, -0.25) is 14.2 Å². The first-order valence-corrected chi connectivity index (χ1v) is 10.3. The lowest BCUT2D eigenvalue weighted by Gasteiger charge is -2.08. The van der Waals surface area contributed by atoms with Crippen molar-refractivity contribution in [2.75, 3.05) is 6.79 Å². The molecule has 0 saturated heterocycles. The maximum atomic E-state index is 13.3. The van der Waals surface area contributed by atoms with Crippen LogP contribution in [0.15, 0.2) is 59.0 Å². The van der Waals surface area contributed by atoms with Gasteiger partial charge >= 0.3 is 0 Å². The lowest BCUT2D eigenvalue weighted by Crippen LogP contribution is -2.32. The molecule has 0 atom stereocenters. The van der Waals surface area contributed by atoms with Gasteiger partial charge in [-0.15, -0.1) is 11.3 Å². The highest BCUT2D eigenvalue weighted by molar-refractivity contribution is 7.17. The number of nitrogens with zero attached hydrogens (tertiary/aromatic N) is 2. The van der Waals surface area contributed by atoms with Crippen molar-refractivity contribution in [2.24, 2.45) is 0 Å². The highest BCUT2D eigenvalue weighted by Gasteiger charge is 2.16. The molecule has 156 valence electrons. The number of fused-ring (bicyclic) bond motifs is 2. The molecule has 1 aliphatic heterocycles. The van der Waals surface area contributed by atoms with Crippen molar-refractivity contribution >= 4 is 27.5 Å². The third-order valence-electron chi connectivity index (χ3n) is 4.96. The quantitative estimate of drug-likeness (QED) is 0.518. The van der Waals surface area contributed by atoms with Gasteiger partial charge in [-0.25, -0.2) is 9.37 Å².